The van der Waals surface area contributed by atoms with Crippen molar-refractivity contribution in [3.63, 3.8) is 0 Å². The molecule has 0 spiro atoms. The van der Waals surface area contributed by atoms with Gasteiger partial charge in [0.05, 0.1) is 18.3 Å². The van der Waals surface area contributed by atoms with Crippen LogP contribution in [0.4, 0.5) is 0 Å². The molecule has 3 aliphatic rings. The fourth-order valence-electron chi connectivity index (χ4n) is 4.86. The van der Waals surface area contributed by atoms with E-state index < -0.39 is 0 Å². The summed E-state index contributed by atoms with van der Waals surface area (Å²) in [6, 6.07) is 1.06. The summed E-state index contributed by atoms with van der Waals surface area (Å²) in [6.45, 7) is 4.68. The van der Waals surface area contributed by atoms with E-state index in [9.17, 15) is 4.79 Å². The van der Waals surface area contributed by atoms with E-state index in [1.807, 2.05) is 6.20 Å². The average Bonchev–Trinajstić information content (AvgIpc) is 3.15. The van der Waals surface area contributed by atoms with Gasteiger partial charge in [0.25, 0.3) is 0 Å². The lowest BCUT2D eigenvalue weighted by Gasteiger charge is -2.38. The summed E-state index contributed by atoms with van der Waals surface area (Å²) in [5.41, 5.74) is 1.18. The van der Waals surface area contributed by atoms with E-state index in [1.165, 1.54) is 37.9 Å². The van der Waals surface area contributed by atoms with Crippen molar-refractivity contribution in [1.82, 2.24) is 19.6 Å². The van der Waals surface area contributed by atoms with Crippen LogP contribution < -0.4 is 0 Å². The second-order valence-corrected chi connectivity index (χ2v) is 8.73. The lowest BCUT2D eigenvalue weighted by atomic mass is 9.77. The van der Waals surface area contributed by atoms with Crippen molar-refractivity contribution in [3.8, 4) is 0 Å². The summed E-state index contributed by atoms with van der Waals surface area (Å²) in [4.78, 5) is 16.3. The number of aryl methyl sites for hydroxylation is 1. The number of fused-ring (bicyclic) bond motifs is 1. The quantitative estimate of drug-likeness (QED) is 0.807. The topological polar surface area (TPSA) is 50.6 Å². The Morgan fingerprint density at radius 3 is 2.58 bits per heavy atom. The van der Waals surface area contributed by atoms with Gasteiger partial charge in [-0.2, -0.15) is 5.10 Å². The number of carbonyl (C=O) groups is 1. The van der Waals surface area contributed by atoms with Crippen molar-refractivity contribution in [2.75, 3.05) is 33.8 Å². The van der Waals surface area contributed by atoms with Gasteiger partial charge in [0.2, 0.25) is 5.91 Å². The van der Waals surface area contributed by atoms with Crippen LogP contribution in [0.5, 0.6) is 0 Å². The van der Waals surface area contributed by atoms with Crippen LogP contribution in [-0.2, 0) is 9.53 Å². The molecule has 1 aromatic rings. The molecule has 0 radical (unpaired) electrons. The van der Waals surface area contributed by atoms with Gasteiger partial charge in [0, 0.05) is 39.4 Å². The van der Waals surface area contributed by atoms with Crippen molar-refractivity contribution in [3.05, 3.63) is 18.0 Å². The molecule has 26 heavy (non-hydrogen) atoms. The molecular formula is C20H32N4O2. The minimum absolute atomic E-state index is 0.0324. The van der Waals surface area contributed by atoms with E-state index in [4.69, 9.17) is 4.74 Å². The van der Waals surface area contributed by atoms with Gasteiger partial charge in [-0.1, -0.05) is 6.42 Å². The zero-order valence-corrected chi connectivity index (χ0v) is 16.3. The maximum absolute atomic E-state index is 12.0. The Hall–Kier alpha value is -1.40. The van der Waals surface area contributed by atoms with Gasteiger partial charge in [0.1, 0.15) is 6.61 Å². The molecule has 4 atom stereocenters. The molecule has 3 fully saturated rings. The number of hydrogen-bond donors (Lipinski definition) is 0. The van der Waals surface area contributed by atoms with E-state index >= 15 is 0 Å². The molecular weight excluding hydrogens is 328 g/mol. The maximum Gasteiger partial charge on any atom is 0.248 e. The van der Waals surface area contributed by atoms with E-state index in [0.717, 1.165) is 24.8 Å². The number of hydrogen-bond acceptors (Lipinski definition) is 4. The Labute approximate surface area is 156 Å². The first-order valence-corrected chi connectivity index (χ1v) is 10.1. The molecule has 144 valence electrons. The number of nitrogens with zero attached hydrogens (tertiary/aromatic N) is 4. The molecule has 1 amide bonds. The fourth-order valence-corrected chi connectivity index (χ4v) is 4.86. The third-order valence-electron chi connectivity index (χ3n) is 6.69. The fraction of sp³-hybridized carbons (Fsp3) is 0.800. The Balaban J connectivity index is 1.47. The van der Waals surface area contributed by atoms with Gasteiger partial charge >= 0.3 is 0 Å². The van der Waals surface area contributed by atoms with E-state index in [2.05, 4.69) is 27.8 Å². The predicted molar refractivity (Wildman–Crippen MR) is 99.9 cm³/mol. The smallest absolute Gasteiger partial charge is 0.248 e. The van der Waals surface area contributed by atoms with Crippen molar-refractivity contribution in [1.29, 1.82) is 0 Å². The van der Waals surface area contributed by atoms with Crippen molar-refractivity contribution >= 4 is 5.91 Å². The molecule has 0 unspecified atom stereocenters. The van der Waals surface area contributed by atoms with Gasteiger partial charge in [-0.15, -0.1) is 0 Å². The van der Waals surface area contributed by atoms with Crippen LogP contribution in [0.1, 0.15) is 43.7 Å². The van der Waals surface area contributed by atoms with Crippen LogP contribution in [-0.4, -0.2) is 71.4 Å². The molecule has 2 saturated carbocycles. The number of likely N-dealkylation sites (tertiary alicyclic amines) is 1. The highest BCUT2D eigenvalue weighted by atomic mass is 16.5. The SMILES string of the molecule is Cc1cnn([C@H]2C[C@H]3CN(C4CCC4)C[C@H]3C[C@@H]2OCC(=O)N(C)C)c1. The summed E-state index contributed by atoms with van der Waals surface area (Å²) in [5.74, 6) is 1.46. The molecule has 6 nitrogen and oxygen atoms in total. The standard InChI is InChI=1S/C20H32N4O2/c1-14-9-21-24(10-14)18-7-15-11-23(17-5-4-6-17)12-16(15)8-19(18)26-13-20(25)22(2)3/h9-10,15-19H,4-8,11-13H2,1-3H3/t15-,16+,18-,19-/m0/s1. The van der Waals surface area contributed by atoms with E-state index in [-0.39, 0.29) is 24.7 Å². The molecule has 1 saturated heterocycles. The first-order chi connectivity index (χ1) is 12.5. The van der Waals surface area contributed by atoms with Crippen LogP contribution in [0.15, 0.2) is 12.4 Å². The van der Waals surface area contributed by atoms with Gasteiger partial charge in [0.15, 0.2) is 0 Å². The highest BCUT2D eigenvalue weighted by molar-refractivity contribution is 5.76. The van der Waals surface area contributed by atoms with Crippen LogP contribution in [0.3, 0.4) is 0 Å². The third-order valence-corrected chi connectivity index (χ3v) is 6.69. The molecule has 0 bridgehead atoms. The minimum atomic E-state index is 0.0324. The van der Waals surface area contributed by atoms with Crippen LogP contribution in [0, 0.1) is 18.8 Å². The van der Waals surface area contributed by atoms with Crippen LogP contribution in [0.25, 0.3) is 0 Å². The Kier molecular flexibility index (Phi) is 5.06. The minimum Gasteiger partial charge on any atom is -0.366 e. The van der Waals surface area contributed by atoms with Crippen LogP contribution >= 0.6 is 0 Å². The first kappa shape index (κ1) is 18.0. The Morgan fingerprint density at radius 1 is 1.27 bits per heavy atom. The lowest BCUT2D eigenvalue weighted by molar-refractivity contribution is -0.138. The molecule has 0 aromatic carbocycles. The van der Waals surface area contributed by atoms with Gasteiger partial charge in [-0.3, -0.25) is 14.4 Å². The number of likely N-dealkylation sites (N-methyl/N-ethyl adjacent to an activating group) is 1. The second kappa shape index (κ2) is 7.31. The molecule has 1 aromatic heterocycles. The normalized spacial score (nSPS) is 32.3. The van der Waals surface area contributed by atoms with Crippen molar-refractivity contribution in [2.24, 2.45) is 11.8 Å². The average molecular weight is 361 g/mol. The Bertz CT molecular complexity index is 640. The Morgan fingerprint density at radius 2 is 2.00 bits per heavy atom. The summed E-state index contributed by atoms with van der Waals surface area (Å²) >= 11 is 0. The summed E-state index contributed by atoms with van der Waals surface area (Å²) in [7, 11) is 3.56. The molecule has 4 rings (SSSR count). The number of amides is 1. The summed E-state index contributed by atoms with van der Waals surface area (Å²) < 4.78 is 8.24. The second-order valence-electron chi connectivity index (χ2n) is 8.73. The molecule has 2 heterocycles. The third kappa shape index (κ3) is 3.54. The van der Waals surface area contributed by atoms with Gasteiger partial charge < -0.3 is 9.64 Å². The first-order valence-electron chi connectivity index (χ1n) is 10.1. The van der Waals surface area contributed by atoms with Crippen LogP contribution in [0.2, 0.25) is 0 Å². The van der Waals surface area contributed by atoms with Gasteiger partial charge in [-0.05, 0) is 50.0 Å². The van der Waals surface area contributed by atoms with E-state index in [0.29, 0.717) is 5.92 Å². The number of aromatic nitrogens is 2. The largest absolute Gasteiger partial charge is 0.366 e. The summed E-state index contributed by atoms with van der Waals surface area (Å²) in [6.07, 6.45) is 10.4. The monoisotopic (exact) mass is 360 g/mol. The number of rotatable bonds is 5. The zero-order valence-electron chi connectivity index (χ0n) is 16.3. The molecule has 0 N–H and O–H groups in total. The predicted octanol–water partition coefficient (Wildman–Crippen LogP) is 2.10. The number of ether oxygens (including phenoxy) is 1. The number of carbonyl (C=O) groups excluding carboxylic acids is 1. The highest BCUT2D eigenvalue weighted by Gasteiger charge is 2.45. The van der Waals surface area contributed by atoms with E-state index in [1.54, 1.807) is 19.0 Å². The van der Waals surface area contributed by atoms with Crippen molar-refractivity contribution in [2.45, 2.75) is 57.2 Å². The summed E-state index contributed by atoms with van der Waals surface area (Å²) in [5, 5.41) is 4.58. The maximum atomic E-state index is 12.0. The zero-order chi connectivity index (χ0) is 18.3. The molecule has 6 heteroatoms. The highest BCUT2D eigenvalue weighted by Crippen LogP contribution is 2.44. The van der Waals surface area contributed by atoms with Crippen molar-refractivity contribution < 1.29 is 9.53 Å². The molecule has 1 aliphatic heterocycles. The lowest BCUT2D eigenvalue weighted by Crippen LogP contribution is -2.40. The molecule has 2 aliphatic carbocycles. The van der Waals surface area contributed by atoms with Gasteiger partial charge in [-0.25, -0.2) is 0 Å².